The molecule has 2 atom stereocenters. The summed E-state index contributed by atoms with van der Waals surface area (Å²) in [7, 11) is 0. The summed E-state index contributed by atoms with van der Waals surface area (Å²) in [6.45, 7) is 9.11. The van der Waals surface area contributed by atoms with E-state index in [1.165, 1.54) is 20.8 Å². The van der Waals surface area contributed by atoms with Crippen molar-refractivity contribution in [2.45, 2.75) is 115 Å². The highest BCUT2D eigenvalue weighted by Crippen LogP contribution is 2.52. The Morgan fingerprint density at radius 1 is 0.875 bits per heavy atom. The second-order valence-electron chi connectivity index (χ2n) is 9.64. The summed E-state index contributed by atoms with van der Waals surface area (Å²) in [6, 6.07) is 0. The molecule has 0 spiro atoms. The Labute approximate surface area is 185 Å². The number of esters is 1. The summed E-state index contributed by atoms with van der Waals surface area (Å²) < 4.78 is 91.4. The number of rotatable bonds is 6. The molecule has 1 N–H and O–H groups in total. The van der Waals surface area contributed by atoms with Crippen molar-refractivity contribution in [3.05, 3.63) is 12.2 Å². The summed E-state index contributed by atoms with van der Waals surface area (Å²) in [5, 5.41) is 9.87. The third-order valence-electron chi connectivity index (χ3n) is 6.23. The molecule has 0 amide bonds. The number of carbonyl (C=O) groups is 1. The lowest BCUT2D eigenvalue weighted by Gasteiger charge is -2.49. The van der Waals surface area contributed by atoms with Gasteiger partial charge in [0.15, 0.2) is 0 Å². The van der Waals surface area contributed by atoms with Crippen LogP contribution >= 0.6 is 0 Å². The van der Waals surface area contributed by atoms with Crippen LogP contribution in [0.1, 0.15) is 79.6 Å². The standard InChI is InChI=1S/C22H34F6O4/c1-14(2)17(29)31-16-11-9-7-8-10-15(12-13-16)18(3,4)32-19(5,6)20(30,21(23,24)25)22(26,27)28/h15-16,30H,1,7-13H2,2-6H3. The molecule has 4 nitrogen and oxygen atoms in total. The lowest BCUT2D eigenvalue weighted by Crippen LogP contribution is -2.71. The quantitative estimate of drug-likeness (QED) is 0.279. The van der Waals surface area contributed by atoms with Gasteiger partial charge in [0.25, 0.3) is 5.60 Å². The summed E-state index contributed by atoms with van der Waals surface area (Å²) in [4.78, 5) is 11.9. The minimum atomic E-state index is -5.99. The molecule has 1 saturated carbocycles. The van der Waals surface area contributed by atoms with Gasteiger partial charge in [-0.1, -0.05) is 19.4 Å². The van der Waals surface area contributed by atoms with Crippen molar-refractivity contribution in [1.82, 2.24) is 0 Å². The van der Waals surface area contributed by atoms with E-state index in [1.54, 1.807) is 0 Å². The van der Waals surface area contributed by atoms with Gasteiger partial charge in [0.1, 0.15) is 11.7 Å². The van der Waals surface area contributed by atoms with Gasteiger partial charge in [0.2, 0.25) is 0 Å². The van der Waals surface area contributed by atoms with Crippen LogP contribution < -0.4 is 0 Å². The number of hydrogen-bond donors (Lipinski definition) is 1. The van der Waals surface area contributed by atoms with Crippen molar-refractivity contribution in [3.63, 3.8) is 0 Å². The van der Waals surface area contributed by atoms with Crippen LogP contribution in [0, 0.1) is 5.92 Å². The predicted molar refractivity (Wildman–Crippen MR) is 107 cm³/mol. The average Bonchev–Trinajstić information content (AvgIpc) is 2.70. The van der Waals surface area contributed by atoms with E-state index in [1.807, 2.05) is 0 Å². The van der Waals surface area contributed by atoms with E-state index in [2.05, 4.69) is 6.58 Å². The maximum atomic E-state index is 13.4. The third kappa shape index (κ3) is 6.40. The minimum Gasteiger partial charge on any atom is -0.459 e. The van der Waals surface area contributed by atoms with E-state index >= 15 is 0 Å². The molecule has 0 radical (unpaired) electrons. The molecule has 0 aromatic carbocycles. The van der Waals surface area contributed by atoms with Gasteiger partial charge in [-0.3, -0.25) is 0 Å². The van der Waals surface area contributed by atoms with E-state index in [0.717, 1.165) is 12.8 Å². The SMILES string of the molecule is C=C(C)C(=O)OC1CCCCCC(C(C)(C)OC(C)(C)C(O)(C(F)(F)F)C(F)(F)F)CC1. The van der Waals surface area contributed by atoms with E-state index in [0.29, 0.717) is 46.0 Å². The molecule has 188 valence electrons. The number of carbonyl (C=O) groups excluding carboxylic acids is 1. The van der Waals surface area contributed by atoms with Crippen LogP contribution in [0.15, 0.2) is 12.2 Å². The fraction of sp³-hybridized carbons (Fsp3) is 0.864. The zero-order valence-corrected chi connectivity index (χ0v) is 19.3. The maximum absolute atomic E-state index is 13.4. The number of hydrogen-bond acceptors (Lipinski definition) is 4. The number of alkyl halides is 6. The summed E-state index contributed by atoms with van der Waals surface area (Å²) in [5.41, 5.74) is -9.26. The van der Waals surface area contributed by atoms with E-state index < -0.39 is 47.1 Å². The third-order valence-corrected chi connectivity index (χ3v) is 6.23. The van der Waals surface area contributed by atoms with Gasteiger partial charge >= 0.3 is 18.3 Å². The molecule has 0 heterocycles. The molecule has 1 fully saturated rings. The molecule has 0 bridgehead atoms. The Morgan fingerprint density at radius 2 is 1.38 bits per heavy atom. The van der Waals surface area contributed by atoms with Crippen molar-refractivity contribution in [1.29, 1.82) is 0 Å². The van der Waals surface area contributed by atoms with E-state index in [4.69, 9.17) is 9.47 Å². The van der Waals surface area contributed by atoms with Crippen LogP contribution in [0.5, 0.6) is 0 Å². The molecule has 0 aromatic rings. The normalized spacial score (nSPS) is 22.5. The van der Waals surface area contributed by atoms with Gasteiger partial charge in [-0.15, -0.1) is 0 Å². The van der Waals surface area contributed by atoms with Gasteiger partial charge in [-0.2, -0.15) is 26.3 Å². The fourth-order valence-electron chi connectivity index (χ4n) is 4.34. The van der Waals surface area contributed by atoms with Gasteiger partial charge in [0, 0.05) is 5.57 Å². The zero-order valence-electron chi connectivity index (χ0n) is 19.3. The minimum absolute atomic E-state index is 0.241. The van der Waals surface area contributed by atoms with Gasteiger partial charge in [0.05, 0.1) is 5.60 Å². The first-order valence-electron chi connectivity index (χ1n) is 10.7. The highest BCUT2D eigenvalue weighted by atomic mass is 19.4. The molecule has 1 rings (SSSR count). The molecule has 32 heavy (non-hydrogen) atoms. The first-order valence-corrected chi connectivity index (χ1v) is 10.7. The lowest BCUT2D eigenvalue weighted by molar-refractivity contribution is -0.421. The summed E-state index contributed by atoms with van der Waals surface area (Å²) >= 11 is 0. The Morgan fingerprint density at radius 3 is 1.84 bits per heavy atom. The zero-order chi connectivity index (χ0) is 25.2. The van der Waals surface area contributed by atoms with Crippen molar-refractivity contribution in [3.8, 4) is 0 Å². The summed E-state index contributed by atoms with van der Waals surface area (Å²) in [6.07, 6.45) is -8.29. The second-order valence-corrected chi connectivity index (χ2v) is 9.64. The first-order chi connectivity index (χ1) is 14.3. The number of aliphatic hydroxyl groups is 1. The smallest absolute Gasteiger partial charge is 0.429 e. The Balaban J connectivity index is 3.13. The predicted octanol–water partition coefficient (Wildman–Crippen LogP) is 6.26. The second kappa shape index (κ2) is 9.91. The molecule has 10 heteroatoms. The molecule has 2 unspecified atom stereocenters. The topological polar surface area (TPSA) is 55.8 Å². The number of halogens is 6. The Hall–Kier alpha value is -1.29. The van der Waals surface area contributed by atoms with Crippen LogP contribution in [0.2, 0.25) is 0 Å². The first kappa shape index (κ1) is 28.7. The highest BCUT2D eigenvalue weighted by molar-refractivity contribution is 5.87. The summed E-state index contributed by atoms with van der Waals surface area (Å²) in [5.74, 6) is -0.959. The highest BCUT2D eigenvalue weighted by Gasteiger charge is 2.78. The van der Waals surface area contributed by atoms with Crippen LogP contribution in [-0.2, 0) is 14.3 Å². The van der Waals surface area contributed by atoms with Gasteiger partial charge in [-0.25, -0.2) is 4.79 Å². The molecule has 0 aliphatic heterocycles. The molecule has 0 saturated heterocycles. The van der Waals surface area contributed by atoms with Crippen LogP contribution in [-0.4, -0.2) is 46.3 Å². The van der Waals surface area contributed by atoms with Gasteiger partial charge < -0.3 is 14.6 Å². The molecule has 0 aromatic heterocycles. The lowest BCUT2D eigenvalue weighted by atomic mass is 9.79. The van der Waals surface area contributed by atoms with Gasteiger partial charge in [-0.05, 0) is 72.6 Å². The van der Waals surface area contributed by atoms with Crippen molar-refractivity contribution in [2.75, 3.05) is 0 Å². The van der Waals surface area contributed by atoms with Crippen LogP contribution in [0.3, 0.4) is 0 Å². The van der Waals surface area contributed by atoms with Crippen molar-refractivity contribution in [2.24, 2.45) is 5.92 Å². The molecule has 1 aliphatic carbocycles. The van der Waals surface area contributed by atoms with E-state index in [-0.39, 0.29) is 5.57 Å². The molecule has 1 aliphatic rings. The Bertz CT molecular complexity index is 652. The monoisotopic (exact) mass is 476 g/mol. The van der Waals surface area contributed by atoms with E-state index in [9.17, 15) is 36.2 Å². The largest absolute Gasteiger partial charge is 0.459 e. The van der Waals surface area contributed by atoms with Crippen LogP contribution in [0.4, 0.5) is 26.3 Å². The maximum Gasteiger partial charge on any atom is 0.429 e. The molecular weight excluding hydrogens is 442 g/mol. The fourth-order valence-corrected chi connectivity index (χ4v) is 4.34. The Kier molecular flexibility index (Phi) is 8.90. The average molecular weight is 476 g/mol. The number of ether oxygens (including phenoxy) is 2. The van der Waals surface area contributed by atoms with Crippen molar-refractivity contribution >= 4 is 5.97 Å². The van der Waals surface area contributed by atoms with Crippen molar-refractivity contribution < 1.29 is 45.7 Å². The molecular formula is C22H34F6O4. The van der Waals surface area contributed by atoms with Crippen LogP contribution in [0.25, 0.3) is 0 Å².